The van der Waals surface area contributed by atoms with E-state index in [4.69, 9.17) is 5.73 Å². The number of allylic oxidation sites excluding steroid dienone is 4. The lowest BCUT2D eigenvalue weighted by atomic mass is 10.1. The van der Waals surface area contributed by atoms with Gasteiger partial charge in [-0.25, -0.2) is 0 Å². The molecule has 0 atom stereocenters. The summed E-state index contributed by atoms with van der Waals surface area (Å²) in [5.41, 5.74) is 8.55. The first-order valence-electron chi connectivity index (χ1n) is 3.34. The van der Waals surface area contributed by atoms with E-state index in [0.29, 0.717) is 0 Å². The first kappa shape index (κ1) is 9.02. The van der Waals surface area contributed by atoms with Crippen molar-refractivity contribution in [2.24, 2.45) is 5.73 Å². The molecule has 0 heterocycles. The van der Waals surface area contributed by atoms with Crippen LogP contribution in [-0.4, -0.2) is 0 Å². The molecule has 56 valence electrons. The third-order valence-electron chi connectivity index (χ3n) is 1.42. The van der Waals surface area contributed by atoms with Gasteiger partial charge in [0.15, 0.2) is 0 Å². The third-order valence-corrected chi connectivity index (χ3v) is 1.42. The van der Waals surface area contributed by atoms with Crippen LogP contribution < -0.4 is 5.73 Å². The smallest absolute Gasteiger partial charge is 0.0342 e. The predicted molar refractivity (Wildman–Crippen MR) is 46.5 cm³/mol. The van der Waals surface area contributed by atoms with Crippen LogP contribution in [0.25, 0.3) is 0 Å². The number of hydrogen-bond donors (Lipinski definition) is 1. The standard InChI is InChI=1S/C9H15N/c1-5-6-9(10)8(4)7(2)3/h5-6H,2,10H2,1,3-4H3/b6-5-,9-8-. The van der Waals surface area contributed by atoms with Gasteiger partial charge in [0.05, 0.1) is 0 Å². The van der Waals surface area contributed by atoms with Crippen molar-refractivity contribution in [2.75, 3.05) is 0 Å². The van der Waals surface area contributed by atoms with Gasteiger partial charge in [0.2, 0.25) is 0 Å². The molecule has 0 saturated heterocycles. The molecule has 2 N–H and O–H groups in total. The summed E-state index contributed by atoms with van der Waals surface area (Å²) in [7, 11) is 0. The van der Waals surface area contributed by atoms with Crippen molar-refractivity contribution in [3.8, 4) is 0 Å². The molecule has 1 heteroatoms. The van der Waals surface area contributed by atoms with Gasteiger partial charge in [-0.2, -0.15) is 0 Å². The lowest BCUT2D eigenvalue weighted by Gasteiger charge is -2.01. The highest BCUT2D eigenvalue weighted by molar-refractivity contribution is 5.33. The van der Waals surface area contributed by atoms with Gasteiger partial charge >= 0.3 is 0 Å². The highest BCUT2D eigenvalue weighted by atomic mass is 14.6. The first-order chi connectivity index (χ1) is 4.59. The SMILES string of the molecule is C=C(C)/C(C)=C(N)/C=C\C. The summed E-state index contributed by atoms with van der Waals surface area (Å²) < 4.78 is 0. The average Bonchev–Trinajstić information content (AvgIpc) is 1.87. The second kappa shape index (κ2) is 3.94. The predicted octanol–water partition coefficient (Wildman–Crippen LogP) is 2.37. The van der Waals surface area contributed by atoms with Crippen LogP contribution in [0.15, 0.2) is 35.6 Å². The Bertz CT molecular complexity index is 185. The van der Waals surface area contributed by atoms with Gasteiger partial charge in [-0.3, -0.25) is 0 Å². The normalized spacial score (nSPS) is 13.5. The Kier molecular flexibility index (Phi) is 3.55. The van der Waals surface area contributed by atoms with E-state index in [1.807, 2.05) is 32.9 Å². The molecule has 0 aliphatic carbocycles. The van der Waals surface area contributed by atoms with E-state index in [0.717, 1.165) is 16.8 Å². The molecule has 0 aliphatic heterocycles. The van der Waals surface area contributed by atoms with Crippen LogP contribution in [0.3, 0.4) is 0 Å². The third kappa shape index (κ3) is 2.53. The van der Waals surface area contributed by atoms with Crippen LogP contribution >= 0.6 is 0 Å². The lowest BCUT2D eigenvalue weighted by Crippen LogP contribution is -1.97. The molecule has 0 unspecified atom stereocenters. The molecule has 1 nitrogen and oxygen atoms in total. The van der Waals surface area contributed by atoms with Crippen LogP contribution in [-0.2, 0) is 0 Å². The second-order valence-corrected chi connectivity index (χ2v) is 2.36. The van der Waals surface area contributed by atoms with Crippen LogP contribution in [0, 0.1) is 0 Å². The fraction of sp³-hybridized carbons (Fsp3) is 0.333. The minimum atomic E-state index is 0.801. The molecule has 10 heavy (non-hydrogen) atoms. The van der Waals surface area contributed by atoms with Crippen molar-refractivity contribution in [3.05, 3.63) is 35.6 Å². The fourth-order valence-corrected chi connectivity index (χ4v) is 0.551. The Morgan fingerprint density at radius 1 is 1.40 bits per heavy atom. The zero-order chi connectivity index (χ0) is 8.15. The van der Waals surface area contributed by atoms with Crippen molar-refractivity contribution < 1.29 is 0 Å². The maximum absolute atomic E-state index is 5.66. The van der Waals surface area contributed by atoms with Crippen molar-refractivity contribution in [1.82, 2.24) is 0 Å². The maximum atomic E-state index is 5.66. The topological polar surface area (TPSA) is 26.0 Å². The lowest BCUT2D eigenvalue weighted by molar-refractivity contribution is 1.25. The van der Waals surface area contributed by atoms with E-state index in [1.54, 1.807) is 0 Å². The molecule has 0 fully saturated rings. The summed E-state index contributed by atoms with van der Waals surface area (Å²) in [6, 6.07) is 0. The van der Waals surface area contributed by atoms with Gasteiger partial charge in [-0.05, 0) is 32.4 Å². The van der Waals surface area contributed by atoms with Gasteiger partial charge < -0.3 is 5.73 Å². The summed E-state index contributed by atoms with van der Waals surface area (Å²) in [4.78, 5) is 0. The summed E-state index contributed by atoms with van der Waals surface area (Å²) >= 11 is 0. The minimum absolute atomic E-state index is 0.801. The molecule has 0 aliphatic rings. The zero-order valence-corrected chi connectivity index (χ0v) is 6.94. The van der Waals surface area contributed by atoms with Crippen LogP contribution in [0.2, 0.25) is 0 Å². The minimum Gasteiger partial charge on any atom is -0.399 e. The molecule has 0 bridgehead atoms. The largest absolute Gasteiger partial charge is 0.399 e. The summed E-state index contributed by atoms with van der Waals surface area (Å²) in [6.07, 6.45) is 3.80. The summed E-state index contributed by atoms with van der Waals surface area (Å²) in [5, 5.41) is 0. The first-order valence-corrected chi connectivity index (χ1v) is 3.34. The second-order valence-electron chi connectivity index (χ2n) is 2.36. The fourth-order valence-electron chi connectivity index (χ4n) is 0.551. The van der Waals surface area contributed by atoms with Gasteiger partial charge in [0.25, 0.3) is 0 Å². The Balaban J connectivity index is 4.50. The van der Waals surface area contributed by atoms with Gasteiger partial charge in [0, 0.05) is 5.70 Å². The van der Waals surface area contributed by atoms with E-state index >= 15 is 0 Å². The van der Waals surface area contributed by atoms with E-state index in [-0.39, 0.29) is 0 Å². The van der Waals surface area contributed by atoms with Gasteiger partial charge in [-0.15, -0.1) is 0 Å². The molecule has 0 radical (unpaired) electrons. The molecule has 0 amide bonds. The monoisotopic (exact) mass is 137 g/mol. The van der Waals surface area contributed by atoms with Gasteiger partial charge in [-0.1, -0.05) is 18.2 Å². The van der Waals surface area contributed by atoms with E-state index < -0.39 is 0 Å². The van der Waals surface area contributed by atoms with E-state index in [9.17, 15) is 0 Å². The van der Waals surface area contributed by atoms with E-state index in [1.165, 1.54) is 0 Å². The molecule has 0 saturated carbocycles. The van der Waals surface area contributed by atoms with Crippen LogP contribution in [0.5, 0.6) is 0 Å². The summed E-state index contributed by atoms with van der Waals surface area (Å²) in [6.45, 7) is 9.65. The van der Waals surface area contributed by atoms with Crippen molar-refractivity contribution in [2.45, 2.75) is 20.8 Å². The Labute approximate surface area is 62.9 Å². The van der Waals surface area contributed by atoms with Crippen molar-refractivity contribution in [3.63, 3.8) is 0 Å². The number of nitrogens with two attached hydrogens (primary N) is 1. The highest BCUT2D eigenvalue weighted by Crippen LogP contribution is 2.08. The maximum Gasteiger partial charge on any atom is 0.0342 e. The molecule has 0 aromatic carbocycles. The average molecular weight is 137 g/mol. The highest BCUT2D eigenvalue weighted by Gasteiger charge is 1.92. The molecular formula is C9H15N. The molecule has 0 aromatic rings. The quantitative estimate of drug-likeness (QED) is 0.581. The van der Waals surface area contributed by atoms with Crippen molar-refractivity contribution >= 4 is 0 Å². The Morgan fingerprint density at radius 2 is 1.90 bits per heavy atom. The van der Waals surface area contributed by atoms with Crippen molar-refractivity contribution in [1.29, 1.82) is 0 Å². The number of rotatable bonds is 2. The zero-order valence-electron chi connectivity index (χ0n) is 6.94. The Hall–Kier alpha value is -0.980. The molecular weight excluding hydrogens is 122 g/mol. The Morgan fingerprint density at radius 3 is 2.20 bits per heavy atom. The molecule has 0 rings (SSSR count). The summed E-state index contributed by atoms with van der Waals surface area (Å²) in [5.74, 6) is 0. The molecule has 0 spiro atoms. The van der Waals surface area contributed by atoms with Gasteiger partial charge in [0.1, 0.15) is 0 Å². The van der Waals surface area contributed by atoms with Crippen LogP contribution in [0.4, 0.5) is 0 Å². The van der Waals surface area contributed by atoms with Crippen LogP contribution in [0.1, 0.15) is 20.8 Å². The van der Waals surface area contributed by atoms with E-state index in [2.05, 4.69) is 6.58 Å². The number of hydrogen-bond acceptors (Lipinski definition) is 1. The molecule has 0 aromatic heterocycles.